The van der Waals surface area contributed by atoms with Crippen molar-refractivity contribution in [1.82, 2.24) is 20.1 Å². The Bertz CT molecular complexity index is 2670. The van der Waals surface area contributed by atoms with Crippen molar-refractivity contribution in [3.63, 3.8) is 0 Å². The number of pyridine rings is 1. The second kappa shape index (κ2) is 24.2. The number of carboxylic acid groups (broad SMARTS) is 1. The molecular formula is C54H70N4O13Si. The van der Waals surface area contributed by atoms with E-state index in [1.807, 2.05) is 54.6 Å². The van der Waals surface area contributed by atoms with Crippen LogP contribution in [0.3, 0.4) is 0 Å². The number of nitrogens with zero attached hydrogens (tertiary/aromatic N) is 2. The molecule has 2 unspecified atom stereocenters. The summed E-state index contributed by atoms with van der Waals surface area (Å²) >= 11 is 0. The number of carbonyl (C=O) groups excluding carboxylic acids is 3. The smallest absolute Gasteiger partial charge is 0.410 e. The third kappa shape index (κ3) is 15.0. The van der Waals surface area contributed by atoms with Crippen molar-refractivity contribution < 1.29 is 57.2 Å². The van der Waals surface area contributed by atoms with Crippen LogP contribution in [0.25, 0.3) is 10.9 Å². The number of nitrogens with one attached hydrogen (secondary N) is 2. The third-order valence-corrected chi connectivity index (χ3v) is 17.8. The molecule has 8 rings (SSSR count). The SMILES string of the molecule is CC(C)(C)OC(=O)N(CCCCOC(=O)c1ccc(COc2cccc([C@@H](NC(=O)OC3CN4CCC3CC4)c3ccccc3)c2)o1)CC(O[Si](C)(C)C(C)(C)C)c1ccc(O)c2[nH]c(=O)ccc12.O=CO. The summed E-state index contributed by atoms with van der Waals surface area (Å²) in [6, 6.07) is 26.3. The molecule has 2 aromatic heterocycles. The molecule has 0 spiro atoms. The van der Waals surface area contributed by atoms with Gasteiger partial charge in [-0.3, -0.25) is 14.5 Å². The number of phenolic OH excluding ortho intramolecular Hbond substituents is 1. The maximum absolute atomic E-state index is 13.8. The van der Waals surface area contributed by atoms with E-state index in [-0.39, 0.29) is 66.5 Å². The molecule has 18 heteroatoms. The first-order valence-corrected chi connectivity index (χ1v) is 27.4. The van der Waals surface area contributed by atoms with Gasteiger partial charge in [-0.1, -0.05) is 69.3 Å². The zero-order chi connectivity index (χ0) is 52.2. The second-order valence-corrected chi connectivity index (χ2v) is 25.5. The van der Waals surface area contributed by atoms with Gasteiger partial charge in [0.2, 0.25) is 11.3 Å². The number of furan rings is 1. The van der Waals surface area contributed by atoms with Crippen LogP contribution in [0.1, 0.15) is 112 Å². The first-order valence-electron chi connectivity index (χ1n) is 24.5. The molecule has 3 aliphatic heterocycles. The summed E-state index contributed by atoms with van der Waals surface area (Å²) in [5.74, 6) is 0.685. The number of amides is 2. The molecule has 3 aromatic carbocycles. The molecule has 3 fully saturated rings. The third-order valence-electron chi connectivity index (χ3n) is 13.3. The van der Waals surface area contributed by atoms with Gasteiger partial charge in [0.25, 0.3) is 6.47 Å². The van der Waals surface area contributed by atoms with Gasteiger partial charge in [0.1, 0.15) is 35.6 Å². The molecule has 3 atom stereocenters. The average Bonchev–Trinajstić information content (AvgIpc) is 3.81. The molecule has 5 heterocycles. The van der Waals surface area contributed by atoms with Crippen LogP contribution < -0.4 is 15.6 Å². The number of hydrogen-bond acceptors (Lipinski definition) is 13. The van der Waals surface area contributed by atoms with Gasteiger partial charge in [0, 0.05) is 24.5 Å². The molecule has 0 aliphatic carbocycles. The maximum Gasteiger partial charge on any atom is 0.410 e. The number of fused-ring (bicyclic) bond motifs is 4. The molecule has 2 bridgehead atoms. The monoisotopic (exact) mass is 1010 g/mol. The van der Waals surface area contributed by atoms with Gasteiger partial charge < -0.3 is 53.2 Å². The number of benzene rings is 3. The Morgan fingerprint density at radius 3 is 2.31 bits per heavy atom. The van der Waals surface area contributed by atoms with Crippen molar-refractivity contribution in [3.8, 4) is 11.5 Å². The fourth-order valence-corrected chi connectivity index (χ4v) is 9.80. The summed E-state index contributed by atoms with van der Waals surface area (Å²) in [7, 11) is -2.46. The number of ether oxygens (including phenoxy) is 4. The van der Waals surface area contributed by atoms with Gasteiger partial charge in [0.15, 0.2) is 8.32 Å². The molecule has 5 aromatic rings. The first kappa shape index (κ1) is 54.7. The van der Waals surface area contributed by atoms with E-state index in [0.29, 0.717) is 41.2 Å². The first-order chi connectivity index (χ1) is 34.1. The van der Waals surface area contributed by atoms with E-state index in [2.05, 4.69) is 49.1 Å². The van der Waals surface area contributed by atoms with Crippen molar-refractivity contribution in [2.45, 2.75) is 116 Å². The number of hydrogen-bond donors (Lipinski definition) is 4. The number of alkyl carbamates (subject to hydrolysis) is 1. The van der Waals surface area contributed by atoms with E-state index < -0.39 is 44.2 Å². The van der Waals surface area contributed by atoms with E-state index in [0.717, 1.165) is 43.6 Å². The van der Waals surface area contributed by atoms with Crippen LogP contribution in [0.15, 0.2) is 100 Å². The molecule has 4 N–H and O–H groups in total. The average molecular weight is 1010 g/mol. The van der Waals surface area contributed by atoms with E-state index in [1.54, 1.807) is 49.9 Å². The van der Waals surface area contributed by atoms with Gasteiger partial charge in [0.05, 0.1) is 30.8 Å². The topological polar surface area (TPSA) is 219 Å². The molecular weight excluding hydrogens is 941 g/mol. The lowest BCUT2D eigenvalue weighted by Gasteiger charge is -2.43. The lowest BCUT2D eigenvalue weighted by Crippen LogP contribution is -2.52. The van der Waals surface area contributed by atoms with Crippen LogP contribution >= 0.6 is 0 Å². The number of carbonyl (C=O) groups is 4. The van der Waals surface area contributed by atoms with Crippen LogP contribution in [-0.4, -0.2) is 109 Å². The number of esters is 1. The predicted molar refractivity (Wildman–Crippen MR) is 274 cm³/mol. The number of phenols is 1. The van der Waals surface area contributed by atoms with Crippen molar-refractivity contribution >= 4 is 43.8 Å². The van der Waals surface area contributed by atoms with Crippen LogP contribution in [0.4, 0.5) is 9.59 Å². The predicted octanol–water partition coefficient (Wildman–Crippen LogP) is 9.95. The number of piperidine rings is 3. The number of aromatic hydroxyl groups is 1. The standard InChI is InChI=1S/C53H68N4O11Si.CH2O2/c1-52(2,3)67-51(62)57(33-45(68-69(7,8)53(4,5)6)40-20-22-42(58)48-41(40)21-24-46(59)54-48)27-12-13-30-63-49(60)43-23-19-39(65-43)34-64-38-18-14-17-37(31-38)47(36-15-10-9-11-16-36)55-50(61)66-44-32-56-28-25-35(44)26-29-56;2-1-3/h9-11,14-24,31,35,44-45,47,58H,12-13,25-30,32-34H2,1-8H3,(H,54,59)(H,55,61);1H,(H,2,3)/t44?,45?,47-;/m0./s1. The summed E-state index contributed by atoms with van der Waals surface area (Å²) in [5, 5.41) is 21.1. The molecule has 72 heavy (non-hydrogen) atoms. The maximum atomic E-state index is 13.8. The Kier molecular flexibility index (Phi) is 18.4. The number of rotatable bonds is 18. The highest BCUT2D eigenvalue weighted by atomic mass is 28.4. The summed E-state index contributed by atoms with van der Waals surface area (Å²) < 4.78 is 36.4. The highest BCUT2D eigenvalue weighted by molar-refractivity contribution is 6.74. The molecule has 388 valence electrons. The Morgan fingerprint density at radius 2 is 1.64 bits per heavy atom. The number of unbranched alkanes of at least 4 members (excludes halogenated alkanes) is 1. The molecule has 2 amide bonds. The zero-order valence-electron chi connectivity index (χ0n) is 42.6. The summed E-state index contributed by atoms with van der Waals surface area (Å²) in [6.07, 6.45) is 1.26. The highest BCUT2D eigenvalue weighted by Gasteiger charge is 2.41. The summed E-state index contributed by atoms with van der Waals surface area (Å²) in [4.78, 5) is 67.6. The lowest BCUT2D eigenvalue weighted by atomic mass is 9.86. The summed E-state index contributed by atoms with van der Waals surface area (Å²) in [5.41, 5.74) is 1.59. The highest BCUT2D eigenvalue weighted by Crippen LogP contribution is 2.42. The number of aromatic amines is 1. The fraction of sp³-hybridized carbons (Fsp3) is 0.463. The summed E-state index contributed by atoms with van der Waals surface area (Å²) in [6.45, 7) is 19.2. The molecule has 3 aliphatic rings. The minimum atomic E-state index is -2.46. The van der Waals surface area contributed by atoms with Gasteiger partial charge in [-0.25, -0.2) is 14.4 Å². The van der Waals surface area contributed by atoms with Gasteiger partial charge in [-0.2, -0.15) is 0 Å². The van der Waals surface area contributed by atoms with Crippen molar-refractivity contribution in [3.05, 3.63) is 130 Å². The van der Waals surface area contributed by atoms with Crippen molar-refractivity contribution in [2.75, 3.05) is 39.3 Å². The molecule has 17 nitrogen and oxygen atoms in total. The largest absolute Gasteiger partial charge is 0.506 e. The van der Waals surface area contributed by atoms with Crippen LogP contribution in [-0.2, 0) is 30.0 Å². The minimum absolute atomic E-state index is 0.0284. The normalized spacial score (nSPS) is 17.4. The van der Waals surface area contributed by atoms with Gasteiger partial charge >= 0.3 is 18.2 Å². The quantitative estimate of drug-likeness (QED) is 0.0211. The van der Waals surface area contributed by atoms with Gasteiger partial charge in [-0.05, 0) is 137 Å². The number of aromatic nitrogens is 1. The number of H-pyrrole nitrogens is 1. The second-order valence-electron chi connectivity index (χ2n) is 20.7. The molecule has 0 saturated carbocycles. The Hall–Kier alpha value is -6.63. The lowest BCUT2D eigenvalue weighted by molar-refractivity contribution is -0.122. The van der Waals surface area contributed by atoms with Crippen molar-refractivity contribution in [2.24, 2.45) is 5.92 Å². The van der Waals surface area contributed by atoms with Crippen molar-refractivity contribution in [1.29, 1.82) is 0 Å². The van der Waals surface area contributed by atoms with Gasteiger partial charge in [-0.15, -0.1) is 0 Å². The van der Waals surface area contributed by atoms with E-state index >= 15 is 0 Å². The van der Waals surface area contributed by atoms with Crippen LogP contribution in [0.5, 0.6) is 11.5 Å². The zero-order valence-corrected chi connectivity index (χ0v) is 43.6. The Morgan fingerprint density at radius 1 is 0.931 bits per heavy atom. The van der Waals surface area contributed by atoms with E-state index in [4.69, 9.17) is 37.7 Å². The van der Waals surface area contributed by atoms with E-state index in [1.165, 1.54) is 12.1 Å². The minimum Gasteiger partial charge on any atom is -0.506 e. The Labute approximate surface area is 421 Å². The fourth-order valence-electron chi connectivity index (χ4n) is 8.54. The Balaban J connectivity index is 0.00000275. The molecule has 3 saturated heterocycles. The van der Waals surface area contributed by atoms with Crippen LogP contribution in [0, 0.1) is 5.92 Å². The van der Waals surface area contributed by atoms with Crippen LogP contribution in [0.2, 0.25) is 18.1 Å². The molecule has 0 radical (unpaired) electrons. The van der Waals surface area contributed by atoms with E-state index in [9.17, 15) is 24.3 Å².